The van der Waals surface area contributed by atoms with E-state index in [4.69, 9.17) is 0 Å². The van der Waals surface area contributed by atoms with E-state index in [0.29, 0.717) is 21.2 Å². The van der Waals surface area contributed by atoms with Crippen LogP contribution in [-0.4, -0.2) is 25.7 Å². The number of hydrogen-bond acceptors (Lipinski definition) is 5. The number of amides is 1. The molecule has 26 heavy (non-hydrogen) atoms. The molecule has 130 valence electrons. The van der Waals surface area contributed by atoms with E-state index >= 15 is 0 Å². The fourth-order valence-electron chi connectivity index (χ4n) is 2.57. The molecule has 3 aromatic heterocycles. The van der Waals surface area contributed by atoms with Crippen molar-refractivity contribution in [1.29, 1.82) is 0 Å². The van der Waals surface area contributed by atoms with Crippen molar-refractivity contribution >= 4 is 32.6 Å². The van der Waals surface area contributed by atoms with Gasteiger partial charge in [-0.25, -0.2) is 9.37 Å². The van der Waals surface area contributed by atoms with Gasteiger partial charge in [0.1, 0.15) is 11.3 Å². The number of hydrogen-bond donors (Lipinski definition) is 0. The molecule has 0 aliphatic carbocycles. The Labute approximate surface area is 152 Å². The van der Waals surface area contributed by atoms with Gasteiger partial charge in [0.2, 0.25) is 0 Å². The minimum Gasteiger partial charge on any atom is -0.276 e. The van der Waals surface area contributed by atoms with Crippen molar-refractivity contribution in [3.05, 3.63) is 72.1 Å². The van der Waals surface area contributed by atoms with E-state index < -0.39 is 5.82 Å². The van der Waals surface area contributed by atoms with Gasteiger partial charge in [-0.1, -0.05) is 23.5 Å². The SMILES string of the molecule is Cn1ccc(C(=O)N(Cc2ccccn2)c2nc3c(F)cccc3s2)n1. The predicted octanol–water partition coefficient (Wildman–Crippen LogP) is 3.41. The molecule has 6 nitrogen and oxygen atoms in total. The summed E-state index contributed by atoms with van der Waals surface area (Å²) in [4.78, 5) is 23.1. The van der Waals surface area contributed by atoms with E-state index in [2.05, 4.69) is 15.1 Å². The first-order valence-corrected chi connectivity index (χ1v) is 8.70. The Kier molecular flexibility index (Phi) is 4.18. The monoisotopic (exact) mass is 367 g/mol. The Balaban J connectivity index is 1.78. The third-order valence-corrected chi connectivity index (χ3v) is 4.86. The van der Waals surface area contributed by atoms with Gasteiger partial charge in [0.25, 0.3) is 5.91 Å². The zero-order chi connectivity index (χ0) is 18.1. The minimum absolute atomic E-state index is 0.220. The Morgan fingerprint density at radius 2 is 2.12 bits per heavy atom. The van der Waals surface area contributed by atoms with Gasteiger partial charge in [-0.05, 0) is 30.3 Å². The first kappa shape index (κ1) is 16.3. The summed E-state index contributed by atoms with van der Waals surface area (Å²) in [5.41, 5.74) is 1.26. The highest BCUT2D eigenvalue weighted by molar-refractivity contribution is 7.22. The first-order valence-electron chi connectivity index (χ1n) is 7.88. The Morgan fingerprint density at radius 3 is 2.81 bits per heavy atom. The first-order chi connectivity index (χ1) is 12.6. The molecule has 0 saturated carbocycles. The number of aryl methyl sites for hydroxylation is 1. The van der Waals surface area contributed by atoms with Crippen LogP contribution in [0.2, 0.25) is 0 Å². The highest BCUT2D eigenvalue weighted by Crippen LogP contribution is 2.31. The summed E-state index contributed by atoms with van der Waals surface area (Å²) in [6.07, 6.45) is 3.36. The van der Waals surface area contributed by atoms with Crippen LogP contribution in [0, 0.1) is 5.82 Å². The van der Waals surface area contributed by atoms with Gasteiger partial charge in [0.05, 0.1) is 16.9 Å². The lowest BCUT2D eigenvalue weighted by molar-refractivity contribution is 0.0979. The number of fused-ring (bicyclic) bond motifs is 1. The van der Waals surface area contributed by atoms with Crippen LogP contribution >= 0.6 is 11.3 Å². The van der Waals surface area contributed by atoms with Crippen LogP contribution in [0.15, 0.2) is 54.9 Å². The predicted molar refractivity (Wildman–Crippen MR) is 97.5 cm³/mol. The highest BCUT2D eigenvalue weighted by atomic mass is 32.1. The number of thiazole rings is 1. The third kappa shape index (κ3) is 3.06. The fraction of sp³-hybridized carbons (Fsp3) is 0.111. The second-order valence-electron chi connectivity index (χ2n) is 5.67. The standard InChI is InChI=1S/C18H14FN5OS/c1-23-10-8-14(22-23)17(25)24(11-12-5-2-3-9-20-12)18-21-16-13(19)6-4-7-15(16)26-18/h2-10H,11H2,1H3. The summed E-state index contributed by atoms with van der Waals surface area (Å²) in [6.45, 7) is 0.220. The molecule has 1 amide bonds. The molecule has 3 heterocycles. The largest absolute Gasteiger partial charge is 0.280 e. The quantitative estimate of drug-likeness (QED) is 0.554. The second-order valence-corrected chi connectivity index (χ2v) is 6.68. The number of carbonyl (C=O) groups excluding carboxylic acids is 1. The normalized spacial score (nSPS) is 11.0. The van der Waals surface area contributed by atoms with Crippen LogP contribution in [0.3, 0.4) is 0 Å². The summed E-state index contributed by atoms with van der Waals surface area (Å²) in [5.74, 6) is -0.719. The summed E-state index contributed by atoms with van der Waals surface area (Å²) < 4.78 is 16.3. The van der Waals surface area contributed by atoms with Crippen LogP contribution in [-0.2, 0) is 13.6 Å². The van der Waals surface area contributed by atoms with Gasteiger partial charge in [-0.3, -0.25) is 19.4 Å². The summed E-state index contributed by atoms with van der Waals surface area (Å²) in [5, 5.41) is 4.59. The Hall–Kier alpha value is -3.13. The number of nitrogens with zero attached hydrogens (tertiary/aromatic N) is 5. The van der Waals surface area contributed by atoms with E-state index in [0.717, 1.165) is 0 Å². The number of anilines is 1. The molecule has 0 aliphatic rings. The maximum Gasteiger partial charge on any atom is 0.280 e. The van der Waals surface area contributed by atoms with Gasteiger partial charge in [0, 0.05) is 19.4 Å². The van der Waals surface area contributed by atoms with Gasteiger partial charge >= 0.3 is 0 Å². The summed E-state index contributed by atoms with van der Waals surface area (Å²) in [6, 6.07) is 11.9. The van der Waals surface area contributed by atoms with Crippen molar-refractivity contribution in [2.75, 3.05) is 4.90 Å². The topological polar surface area (TPSA) is 63.9 Å². The lowest BCUT2D eigenvalue weighted by Crippen LogP contribution is -2.31. The van der Waals surface area contributed by atoms with Crippen molar-refractivity contribution in [3.8, 4) is 0 Å². The number of pyridine rings is 1. The molecule has 0 atom stereocenters. The van der Waals surface area contributed by atoms with Crippen LogP contribution in [0.1, 0.15) is 16.2 Å². The molecule has 0 unspecified atom stereocenters. The molecule has 0 fully saturated rings. The lowest BCUT2D eigenvalue weighted by atomic mass is 10.3. The molecule has 1 aromatic carbocycles. The van der Waals surface area contributed by atoms with E-state index in [1.165, 1.54) is 22.3 Å². The third-order valence-electron chi connectivity index (χ3n) is 3.81. The molecule has 0 bridgehead atoms. The molecule has 8 heteroatoms. The van der Waals surface area contributed by atoms with E-state index in [1.54, 1.807) is 42.3 Å². The Bertz CT molecular complexity index is 1080. The molecule has 4 aromatic rings. The van der Waals surface area contributed by atoms with Crippen molar-refractivity contribution in [3.63, 3.8) is 0 Å². The molecule has 0 radical (unpaired) electrons. The second kappa shape index (κ2) is 6.64. The van der Waals surface area contributed by atoms with Crippen molar-refractivity contribution in [2.45, 2.75) is 6.54 Å². The van der Waals surface area contributed by atoms with E-state index in [1.807, 2.05) is 18.2 Å². The zero-order valence-corrected chi connectivity index (χ0v) is 14.7. The van der Waals surface area contributed by atoms with Crippen LogP contribution < -0.4 is 4.90 Å². The molecule has 0 aliphatic heterocycles. The molecular weight excluding hydrogens is 353 g/mol. The molecular formula is C18H14FN5OS. The summed E-state index contributed by atoms with van der Waals surface area (Å²) in [7, 11) is 1.74. The van der Waals surface area contributed by atoms with Gasteiger partial charge in [0.15, 0.2) is 10.8 Å². The maximum atomic E-state index is 14.0. The van der Waals surface area contributed by atoms with E-state index in [9.17, 15) is 9.18 Å². The molecule has 0 saturated heterocycles. The van der Waals surface area contributed by atoms with Gasteiger partial charge in [-0.2, -0.15) is 5.10 Å². The fourth-order valence-corrected chi connectivity index (χ4v) is 3.54. The molecule has 4 rings (SSSR count). The average molecular weight is 367 g/mol. The van der Waals surface area contributed by atoms with Gasteiger partial charge in [-0.15, -0.1) is 0 Å². The maximum absolute atomic E-state index is 14.0. The minimum atomic E-state index is -0.409. The average Bonchev–Trinajstić information content (AvgIpc) is 3.27. The van der Waals surface area contributed by atoms with E-state index in [-0.39, 0.29) is 18.0 Å². The van der Waals surface area contributed by atoms with Crippen LogP contribution in [0.4, 0.5) is 9.52 Å². The van der Waals surface area contributed by atoms with Crippen LogP contribution in [0.25, 0.3) is 10.2 Å². The molecule has 0 N–H and O–H groups in total. The number of aromatic nitrogens is 4. The number of para-hydroxylation sites is 1. The smallest absolute Gasteiger partial charge is 0.276 e. The van der Waals surface area contributed by atoms with Crippen molar-refractivity contribution < 1.29 is 9.18 Å². The van der Waals surface area contributed by atoms with Crippen LogP contribution in [0.5, 0.6) is 0 Å². The highest BCUT2D eigenvalue weighted by Gasteiger charge is 2.24. The number of rotatable bonds is 4. The van der Waals surface area contributed by atoms with Crippen molar-refractivity contribution in [2.24, 2.45) is 7.05 Å². The number of benzene rings is 1. The zero-order valence-electron chi connectivity index (χ0n) is 13.8. The van der Waals surface area contributed by atoms with Gasteiger partial charge < -0.3 is 0 Å². The summed E-state index contributed by atoms with van der Waals surface area (Å²) >= 11 is 1.26. The number of halogens is 1. The lowest BCUT2D eigenvalue weighted by Gasteiger charge is -2.18. The molecule has 0 spiro atoms. The number of carbonyl (C=O) groups is 1. The Morgan fingerprint density at radius 1 is 1.23 bits per heavy atom. The van der Waals surface area contributed by atoms with Crippen molar-refractivity contribution in [1.82, 2.24) is 19.7 Å².